The third-order valence-corrected chi connectivity index (χ3v) is 4.26. The zero-order chi connectivity index (χ0) is 19.9. The summed E-state index contributed by atoms with van der Waals surface area (Å²) in [6, 6.07) is 5.81. The van der Waals surface area contributed by atoms with Crippen LogP contribution in [0.2, 0.25) is 5.02 Å². The van der Waals surface area contributed by atoms with Crippen molar-refractivity contribution in [2.24, 2.45) is 5.16 Å². The van der Waals surface area contributed by atoms with Gasteiger partial charge in [0.25, 0.3) is 0 Å². The van der Waals surface area contributed by atoms with E-state index < -0.39 is 5.82 Å². The molecule has 0 amide bonds. The van der Waals surface area contributed by atoms with Gasteiger partial charge < -0.3 is 25.6 Å². The molecule has 0 aliphatic rings. The van der Waals surface area contributed by atoms with E-state index in [1.54, 1.807) is 19.4 Å². The first-order chi connectivity index (χ1) is 13.6. The third kappa shape index (κ3) is 4.75. The molecule has 0 spiro atoms. The van der Waals surface area contributed by atoms with Crippen LogP contribution in [0.15, 0.2) is 35.6 Å². The summed E-state index contributed by atoms with van der Waals surface area (Å²) in [6.07, 6.45) is 2.46. The van der Waals surface area contributed by atoms with E-state index >= 15 is 0 Å². The van der Waals surface area contributed by atoms with Crippen molar-refractivity contribution in [2.45, 2.75) is 13.0 Å². The summed E-state index contributed by atoms with van der Waals surface area (Å²) in [5, 5.41) is 19.0. The van der Waals surface area contributed by atoms with Crippen molar-refractivity contribution in [1.29, 1.82) is 0 Å². The summed E-state index contributed by atoms with van der Waals surface area (Å²) in [4.78, 5) is 11.9. The fourth-order valence-corrected chi connectivity index (χ4v) is 2.83. The Morgan fingerprint density at radius 3 is 3.00 bits per heavy atom. The summed E-state index contributed by atoms with van der Waals surface area (Å²) in [5.41, 5.74) is 2.14. The average Bonchev–Trinajstić information content (AvgIpc) is 3.12. The number of H-pyrrole nitrogens is 1. The van der Waals surface area contributed by atoms with Crippen molar-refractivity contribution in [2.75, 3.05) is 25.6 Å². The SMILES string of the molecule is COCCCNCc1nc2nccc(/C(=N\O)Nc3ccc(F)c(Cl)c3)c2[nH]1. The van der Waals surface area contributed by atoms with Crippen LogP contribution in [0, 0.1) is 5.82 Å². The van der Waals surface area contributed by atoms with Gasteiger partial charge in [0.05, 0.1) is 17.1 Å². The quantitative estimate of drug-likeness (QED) is 0.150. The molecule has 2 heterocycles. The molecule has 1 aromatic carbocycles. The summed E-state index contributed by atoms with van der Waals surface area (Å²) in [5.74, 6) is 0.324. The van der Waals surface area contributed by atoms with Gasteiger partial charge in [-0.1, -0.05) is 16.8 Å². The molecule has 0 atom stereocenters. The minimum atomic E-state index is -0.530. The van der Waals surface area contributed by atoms with Gasteiger partial charge in [0.15, 0.2) is 11.5 Å². The Morgan fingerprint density at radius 2 is 2.25 bits per heavy atom. The number of methoxy groups -OCH3 is 1. The lowest BCUT2D eigenvalue weighted by molar-refractivity contribution is 0.194. The van der Waals surface area contributed by atoms with Gasteiger partial charge in [0, 0.05) is 31.2 Å². The van der Waals surface area contributed by atoms with Crippen LogP contribution in [0.25, 0.3) is 11.2 Å². The number of nitrogens with zero attached hydrogens (tertiary/aromatic N) is 3. The van der Waals surface area contributed by atoms with E-state index in [0.29, 0.717) is 41.4 Å². The van der Waals surface area contributed by atoms with Gasteiger partial charge >= 0.3 is 0 Å². The number of halogens is 2. The third-order valence-electron chi connectivity index (χ3n) is 3.97. The lowest BCUT2D eigenvalue weighted by atomic mass is 10.2. The van der Waals surface area contributed by atoms with Gasteiger partial charge in [-0.15, -0.1) is 0 Å². The number of aromatic nitrogens is 3. The maximum absolute atomic E-state index is 13.3. The maximum atomic E-state index is 13.3. The number of rotatable bonds is 8. The second-order valence-electron chi connectivity index (χ2n) is 5.97. The first-order valence-electron chi connectivity index (χ1n) is 8.60. The Labute approximate surface area is 165 Å². The van der Waals surface area contributed by atoms with Gasteiger partial charge in [-0.05, 0) is 37.2 Å². The topological polar surface area (TPSA) is 107 Å². The van der Waals surface area contributed by atoms with E-state index in [1.807, 2.05) is 0 Å². The second-order valence-corrected chi connectivity index (χ2v) is 6.37. The Morgan fingerprint density at radius 1 is 1.39 bits per heavy atom. The van der Waals surface area contributed by atoms with Gasteiger partial charge in [-0.2, -0.15) is 0 Å². The molecule has 0 unspecified atom stereocenters. The molecule has 0 aliphatic carbocycles. The molecule has 0 saturated carbocycles. The molecule has 0 fully saturated rings. The number of benzene rings is 1. The molecule has 0 saturated heterocycles. The predicted molar refractivity (Wildman–Crippen MR) is 105 cm³/mol. The van der Waals surface area contributed by atoms with Crippen LogP contribution in [0.4, 0.5) is 10.1 Å². The molecule has 148 valence electrons. The Hall–Kier alpha value is -2.75. The summed E-state index contributed by atoms with van der Waals surface area (Å²) in [6.45, 7) is 2.02. The number of pyridine rings is 1. The molecular formula is C18H20ClFN6O2. The van der Waals surface area contributed by atoms with Gasteiger partial charge in [-0.3, -0.25) is 0 Å². The predicted octanol–water partition coefficient (Wildman–Crippen LogP) is 3.12. The normalized spacial score (nSPS) is 11.9. The molecular weight excluding hydrogens is 387 g/mol. The molecule has 0 radical (unpaired) electrons. The van der Waals surface area contributed by atoms with Crippen molar-refractivity contribution < 1.29 is 14.3 Å². The number of ether oxygens (including phenoxy) is 1. The highest BCUT2D eigenvalue weighted by Crippen LogP contribution is 2.21. The van der Waals surface area contributed by atoms with Crippen LogP contribution in [0.3, 0.4) is 0 Å². The van der Waals surface area contributed by atoms with Crippen molar-refractivity contribution in [1.82, 2.24) is 20.3 Å². The van der Waals surface area contributed by atoms with E-state index in [4.69, 9.17) is 16.3 Å². The van der Waals surface area contributed by atoms with Crippen molar-refractivity contribution in [3.63, 3.8) is 0 Å². The highest BCUT2D eigenvalue weighted by molar-refractivity contribution is 6.31. The van der Waals surface area contributed by atoms with Crippen LogP contribution in [0.1, 0.15) is 17.8 Å². The largest absolute Gasteiger partial charge is 0.409 e. The van der Waals surface area contributed by atoms with Crippen molar-refractivity contribution in [3.8, 4) is 0 Å². The van der Waals surface area contributed by atoms with Gasteiger partial charge in [-0.25, -0.2) is 14.4 Å². The molecule has 10 heteroatoms. The highest BCUT2D eigenvalue weighted by Gasteiger charge is 2.14. The number of hydrogen-bond acceptors (Lipinski definition) is 6. The molecule has 4 N–H and O–H groups in total. The number of aromatic amines is 1. The summed E-state index contributed by atoms with van der Waals surface area (Å²) in [7, 11) is 1.67. The fraction of sp³-hybridized carbons (Fsp3) is 0.278. The molecule has 28 heavy (non-hydrogen) atoms. The first-order valence-corrected chi connectivity index (χ1v) is 8.98. The van der Waals surface area contributed by atoms with E-state index in [0.717, 1.165) is 13.0 Å². The van der Waals surface area contributed by atoms with Crippen molar-refractivity contribution in [3.05, 3.63) is 52.7 Å². The minimum Gasteiger partial charge on any atom is -0.409 e. The first kappa shape index (κ1) is 20.0. The summed E-state index contributed by atoms with van der Waals surface area (Å²) < 4.78 is 18.4. The molecule has 0 bridgehead atoms. The smallest absolute Gasteiger partial charge is 0.179 e. The van der Waals surface area contributed by atoms with Gasteiger partial charge in [0.1, 0.15) is 11.6 Å². The van der Waals surface area contributed by atoms with Crippen LogP contribution < -0.4 is 10.6 Å². The number of hydrogen-bond donors (Lipinski definition) is 4. The zero-order valence-corrected chi connectivity index (χ0v) is 15.9. The number of fused-ring (bicyclic) bond motifs is 1. The van der Waals surface area contributed by atoms with Crippen molar-refractivity contribution >= 4 is 34.3 Å². The van der Waals surface area contributed by atoms with E-state index in [2.05, 4.69) is 30.7 Å². The number of anilines is 1. The lowest BCUT2D eigenvalue weighted by Gasteiger charge is -2.09. The number of nitrogens with one attached hydrogen (secondary N) is 3. The number of imidazole rings is 1. The molecule has 3 rings (SSSR count). The van der Waals surface area contributed by atoms with Crippen LogP contribution >= 0.6 is 11.6 Å². The van der Waals surface area contributed by atoms with E-state index in [-0.39, 0.29) is 10.9 Å². The Bertz CT molecular complexity index is 978. The van der Waals surface area contributed by atoms with Crippen LogP contribution in [0.5, 0.6) is 0 Å². The van der Waals surface area contributed by atoms with Gasteiger partial charge in [0.2, 0.25) is 0 Å². The monoisotopic (exact) mass is 406 g/mol. The standard InChI is InChI=1S/C18H20ClFN6O2/c1-28-8-2-6-21-10-15-24-16-12(5-7-22-18(16)25-15)17(26-27)23-11-3-4-14(20)13(19)9-11/h3-5,7,9,21,27H,2,6,8,10H2,1H3,(H,23,26)(H,22,24,25). The number of amidine groups is 1. The van der Waals surface area contributed by atoms with E-state index in [9.17, 15) is 9.60 Å². The number of oxime groups is 1. The Balaban J connectivity index is 1.79. The van der Waals surface area contributed by atoms with E-state index in [1.165, 1.54) is 18.2 Å². The lowest BCUT2D eigenvalue weighted by Crippen LogP contribution is -2.17. The van der Waals surface area contributed by atoms with Crippen LogP contribution in [-0.2, 0) is 11.3 Å². The fourth-order valence-electron chi connectivity index (χ4n) is 2.64. The molecule has 8 nitrogen and oxygen atoms in total. The zero-order valence-electron chi connectivity index (χ0n) is 15.2. The maximum Gasteiger partial charge on any atom is 0.179 e. The minimum absolute atomic E-state index is 0.0365. The molecule has 3 aromatic rings. The van der Waals surface area contributed by atoms with Crippen LogP contribution in [-0.4, -0.2) is 46.3 Å². The highest BCUT2D eigenvalue weighted by atomic mass is 35.5. The molecule has 2 aromatic heterocycles. The Kier molecular flexibility index (Phi) is 6.75. The average molecular weight is 407 g/mol. The second kappa shape index (κ2) is 9.45. The summed E-state index contributed by atoms with van der Waals surface area (Å²) >= 11 is 5.81. The molecule has 0 aliphatic heterocycles.